The van der Waals surface area contributed by atoms with Crippen molar-refractivity contribution in [1.82, 2.24) is 10.4 Å². The maximum Gasteiger partial charge on any atom is 0.294 e. The molecule has 2 heterocycles. The third-order valence-corrected chi connectivity index (χ3v) is 5.16. The van der Waals surface area contributed by atoms with Crippen molar-refractivity contribution < 1.29 is 14.0 Å². The van der Waals surface area contributed by atoms with Crippen LogP contribution in [0.4, 0.5) is 5.69 Å². The van der Waals surface area contributed by atoms with Crippen LogP contribution >= 0.6 is 0 Å². The molecule has 7 heteroatoms. The molecular weight excluding hydrogens is 380 g/mol. The SMILES string of the molecule is Cc1c(C(=O)N(C)c2ccccc2)oc2c1/C(=N/NC(=O)c1ccccn1)CCC2. The van der Waals surface area contributed by atoms with E-state index >= 15 is 0 Å². The second kappa shape index (κ2) is 8.32. The molecule has 1 aliphatic carbocycles. The molecule has 1 aliphatic rings. The molecule has 0 bridgehead atoms. The zero-order chi connectivity index (χ0) is 21.1. The fourth-order valence-electron chi connectivity index (χ4n) is 3.58. The van der Waals surface area contributed by atoms with Gasteiger partial charge in [0.05, 0.1) is 5.71 Å². The summed E-state index contributed by atoms with van der Waals surface area (Å²) in [4.78, 5) is 30.9. The maximum atomic E-state index is 13.1. The number of hydrogen-bond acceptors (Lipinski definition) is 5. The number of furan rings is 1. The predicted octanol–water partition coefficient (Wildman–Crippen LogP) is 3.73. The molecule has 0 spiro atoms. The van der Waals surface area contributed by atoms with Crippen LogP contribution in [0, 0.1) is 6.92 Å². The van der Waals surface area contributed by atoms with E-state index in [1.165, 1.54) is 0 Å². The van der Waals surface area contributed by atoms with E-state index in [-0.39, 0.29) is 11.8 Å². The fourth-order valence-corrected chi connectivity index (χ4v) is 3.58. The standard InChI is InChI=1S/C23H22N4O3/c1-15-20-17(25-26-22(28)18-11-6-7-14-24-18)12-8-13-19(20)30-21(15)23(29)27(2)16-9-4-3-5-10-16/h3-7,9-11,14H,8,12-13H2,1-2H3,(H,26,28)/b25-17+. The van der Waals surface area contributed by atoms with Gasteiger partial charge in [0.2, 0.25) is 0 Å². The lowest BCUT2D eigenvalue weighted by Gasteiger charge is -2.16. The highest BCUT2D eigenvalue weighted by Crippen LogP contribution is 2.31. The van der Waals surface area contributed by atoms with E-state index < -0.39 is 0 Å². The van der Waals surface area contributed by atoms with Gasteiger partial charge < -0.3 is 9.32 Å². The highest BCUT2D eigenvalue weighted by Gasteiger charge is 2.29. The van der Waals surface area contributed by atoms with E-state index in [2.05, 4.69) is 15.5 Å². The van der Waals surface area contributed by atoms with Crippen LogP contribution in [0.5, 0.6) is 0 Å². The Labute approximate surface area is 174 Å². The van der Waals surface area contributed by atoms with Gasteiger partial charge in [-0.2, -0.15) is 5.10 Å². The Morgan fingerprint density at radius 3 is 2.60 bits per heavy atom. The van der Waals surface area contributed by atoms with Gasteiger partial charge in [0.15, 0.2) is 5.76 Å². The van der Waals surface area contributed by atoms with E-state index in [9.17, 15) is 9.59 Å². The Balaban J connectivity index is 1.61. The number of amides is 2. The summed E-state index contributed by atoms with van der Waals surface area (Å²) >= 11 is 0. The molecule has 1 aromatic carbocycles. The summed E-state index contributed by atoms with van der Waals surface area (Å²) in [5.74, 6) is 0.438. The molecule has 7 nitrogen and oxygen atoms in total. The second-order valence-corrected chi connectivity index (χ2v) is 7.12. The monoisotopic (exact) mass is 402 g/mol. The van der Waals surface area contributed by atoms with E-state index in [4.69, 9.17) is 4.42 Å². The van der Waals surface area contributed by atoms with Crippen LogP contribution in [-0.2, 0) is 6.42 Å². The molecule has 0 saturated carbocycles. The summed E-state index contributed by atoms with van der Waals surface area (Å²) in [5.41, 5.74) is 5.91. The van der Waals surface area contributed by atoms with Gasteiger partial charge in [-0.25, -0.2) is 5.43 Å². The van der Waals surface area contributed by atoms with Crippen LogP contribution in [0.3, 0.4) is 0 Å². The molecule has 0 unspecified atom stereocenters. The van der Waals surface area contributed by atoms with Crippen LogP contribution in [-0.4, -0.2) is 29.6 Å². The van der Waals surface area contributed by atoms with Crippen molar-refractivity contribution in [3.05, 3.63) is 83.1 Å². The number of carbonyl (C=O) groups excluding carboxylic acids is 2. The van der Waals surface area contributed by atoms with Crippen molar-refractivity contribution in [3.8, 4) is 0 Å². The third-order valence-electron chi connectivity index (χ3n) is 5.16. The van der Waals surface area contributed by atoms with Gasteiger partial charge in [0.1, 0.15) is 11.5 Å². The first-order chi connectivity index (χ1) is 14.6. The Hall–Kier alpha value is -3.74. The zero-order valence-electron chi connectivity index (χ0n) is 16.9. The third kappa shape index (κ3) is 3.74. The number of aryl methyl sites for hydroxylation is 1. The van der Waals surface area contributed by atoms with Gasteiger partial charge in [-0.3, -0.25) is 14.6 Å². The minimum absolute atomic E-state index is 0.218. The van der Waals surface area contributed by atoms with Crippen LogP contribution in [0.1, 0.15) is 50.8 Å². The highest BCUT2D eigenvalue weighted by molar-refractivity contribution is 6.10. The van der Waals surface area contributed by atoms with Crippen LogP contribution < -0.4 is 10.3 Å². The normalized spacial score (nSPS) is 14.3. The van der Waals surface area contributed by atoms with Gasteiger partial charge in [-0.1, -0.05) is 24.3 Å². The lowest BCUT2D eigenvalue weighted by atomic mass is 9.93. The molecule has 30 heavy (non-hydrogen) atoms. The molecule has 4 rings (SSSR count). The first-order valence-electron chi connectivity index (χ1n) is 9.80. The molecule has 0 fully saturated rings. The van der Waals surface area contributed by atoms with Gasteiger partial charge >= 0.3 is 0 Å². The number of aromatic nitrogens is 1. The number of rotatable bonds is 4. The first kappa shape index (κ1) is 19.6. The van der Waals surface area contributed by atoms with Gasteiger partial charge in [-0.15, -0.1) is 0 Å². The number of anilines is 1. The number of para-hydroxylation sites is 1. The smallest absolute Gasteiger partial charge is 0.294 e. The molecule has 0 saturated heterocycles. The van der Waals surface area contributed by atoms with Crippen molar-refractivity contribution in [3.63, 3.8) is 0 Å². The Morgan fingerprint density at radius 1 is 1.10 bits per heavy atom. The van der Waals surface area contributed by atoms with Gasteiger partial charge in [-0.05, 0) is 44.0 Å². The summed E-state index contributed by atoms with van der Waals surface area (Å²) in [6, 6.07) is 14.5. The molecule has 0 atom stereocenters. The number of pyridine rings is 1. The summed E-state index contributed by atoms with van der Waals surface area (Å²) in [6.45, 7) is 1.86. The van der Waals surface area contributed by atoms with E-state index in [0.29, 0.717) is 23.6 Å². The molecule has 2 aromatic heterocycles. The number of hydrazone groups is 1. The largest absolute Gasteiger partial charge is 0.455 e. The van der Waals surface area contributed by atoms with E-state index in [1.54, 1.807) is 36.3 Å². The molecular formula is C23H22N4O3. The number of hydrogen-bond donors (Lipinski definition) is 1. The molecule has 0 radical (unpaired) electrons. The molecule has 152 valence electrons. The summed E-state index contributed by atoms with van der Waals surface area (Å²) in [6.07, 6.45) is 3.81. The molecule has 3 aromatic rings. The van der Waals surface area contributed by atoms with E-state index in [0.717, 1.165) is 35.4 Å². The molecule has 2 amide bonds. The number of carbonyl (C=O) groups is 2. The average molecular weight is 402 g/mol. The number of nitrogens with zero attached hydrogens (tertiary/aromatic N) is 3. The minimum atomic E-state index is -0.378. The van der Waals surface area contributed by atoms with Crippen molar-refractivity contribution in [1.29, 1.82) is 0 Å². The quantitative estimate of drug-likeness (QED) is 0.674. The summed E-state index contributed by atoms with van der Waals surface area (Å²) in [5, 5.41) is 4.33. The van der Waals surface area contributed by atoms with Crippen LogP contribution in [0.25, 0.3) is 0 Å². The number of fused-ring (bicyclic) bond motifs is 1. The lowest BCUT2D eigenvalue weighted by molar-refractivity contribution is 0.0947. The lowest BCUT2D eigenvalue weighted by Crippen LogP contribution is -2.26. The van der Waals surface area contributed by atoms with Crippen molar-refractivity contribution in [2.45, 2.75) is 26.2 Å². The summed E-state index contributed by atoms with van der Waals surface area (Å²) in [7, 11) is 1.72. The fraction of sp³-hybridized carbons (Fsp3) is 0.217. The van der Waals surface area contributed by atoms with Crippen LogP contribution in [0.2, 0.25) is 0 Å². The van der Waals surface area contributed by atoms with Gasteiger partial charge in [0, 0.05) is 36.5 Å². The summed E-state index contributed by atoms with van der Waals surface area (Å²) < 4.78 is 5.97. The number of benzene rings is 1. The Bertz CT molecular complexity index is 1100. The molecule has 0 aliphatic heterocycles. The zero-order valence-corrected chi connectivity index (χ0v) is 16.9. The van der Waals surface area contributed by atoms with Crippen molar-refractivity contribution in [2.75, 3.05) is 11.9 Å². The van der Waals surface area contributed by atoms with Crippen molar-refractivity contribution in [2.24, 2.45) is 5.10 Å². The van der Waals surface area contributed by atoms with Gasteiger partial charge in [0.25, 0.3) is 11.8 Å². The molecule has 1 N–H and O–H groups in total. The average Bonchev–Trinajstić information content (AvgIpc) is 3.14. The predicted molar refractivity (Wildman–Crippen MR) is 114 cm³/mol. The first-order valence-corrected chi connectivity index (χ1v) is 9.80. The van der Waals surface area contributed by atoms with Crippen LogP contribution in [0.15, 0.2) is 64.2 Å². The topological polar surface area (TPSA) is 87.8 Å². The van der Waals surface area contributed by atoms with Crippen molar-refractivity contribution >= 4 is 23.2 Å². The van der Waals surface area contributed by atoms with E-state index in [1.807, 2.05) is 37.3 Å². The maximum absolute atomic E-state index is 13.1. The number of nitrogens with one attached hydrogen (secondary N) is 1. The Morgan fingerprint density at radius 2 is 1.87 bits per heavy atom. The second-order valence-electron chi connectivity index (χ2n) is 7.12. The highest BCUT2D eigenvalue weighted by atomic mass is 16.4. The Kier molecular flexibility index (Phi) is 5.43. The minimum Gasteiger partial charge on any atom is -0.455 e.